The number of carbonyl (C=O) groups is 2. The zero-order chi connectivity index (χ0) is 16.7. The van der Waals surface area contributed by atoms with Crippen LogP contribution >= 0.6 is 0 Å². The van der Waals surface area contributed by atoms with Crippen LogP contribution in [-0.4, -0.2) is 49.1 Å². The molecule has 2 N–H and O–H groups in total. The first kappa shape index (κ1) is 17.3. The minimum Gasteiger partial charge on any atom is -0.491 e. The molecule has 1 heterocycles. The maximum atomic E-state index is 12.2. The van der Waals surface area contributed by atoms with E-state index in [9.17, 15) is 9.59 Å². The second kappa shape index (κ2) is 8.53. The van der Waals surface area contributed by atoms with Crippen molar-refractivity contribution in [3.05, 3.63) is 30.3 Å². The number of nitrogens with two attached hydrogens (primary N) is 1. The fourth-order valence-electron chi connectivity index (χ4n) is 2.66. The Balaban J connectivity index is 1.68. The van der Waals surface area contributed by atoms with Crippen LogP contribution in [0.3, 0.4) is 0 Å². The highest BCUT2D eigenvalue weighted by molar-refractivity contribution is 5.81. The molecule has 0 aromatic heterocycles. The number of rotatable bonds is 7. The topological polar surface area (TPSA) is 81.9 Å². The first-order valence-corrected chi connectivity index (χ1v) is 7.92. The minimum atomic E-state index is -0.341. The number of primary amides is 1. The summed E-state index contributed by atoms with van der Waals surface area (Å²) in [6.07, 6.45) is 1.53. The Bertz CT molecular complexity index is 521. The summed E-state index contributed by atoms with van der Waals surface area (Å²) in [6, 6.07) is 9.55. The molecule has 2 atom stereocenters. The van der Waals surface area contributed by atoms with Crippen LogP contribution in [0.5, 0.6) is 5.75 Å². The summed E-state index contributed by atoms with van der Waals surface area (Å²) in [5.74, 6) is 0.0722. The molecule has 1 fully saturated rings. The van der Waals surface area contributed by atoms with Crippen molar-refractivity contribution in [2.45, 2.75) is 25.8 Å². The highest BCUT2D eigenvalue weighted by Crippen LogP contribution is 2.21. The van der Waals surface area contributed by atoms with Crippen molar-refractivity contribution in [2.75, 3.05) is 26.4 Å². The van der Waals surface area contributed by atoms with Crippen LogP contribution in [0.2, 0.25) is 0 Å². The normalized spacial score (nSPS) is 21.0. The quantitative estimate of drug-likeness (QED) is 0.765. The standard InChI is InChI=1S/C17H24N2O4/c1-13-7-8-14(17(18)21)11-19(13)16(20)12-22-9-10-23-15-5-3-2-4-6-15/h2-6,13-14H,7-12H2,1H3,(H2,18,21)/t13-,14+/m0/s1. The maximum absolute atomic E-state index is 12.2. The monoisotopic (exact) mass is 320 g/mol. The van der Waals surface area contributed by atoms with Gasteiger partial charge in [0.2, 0.25) is 11.8 Å². The summed E-state index contributed by atoms with van der Waals surface area (Å²) in [4.78, 5) is 25.2. The van der Waals surface area contributed by atoms with Crippen molar-refractivity contribution in [3.63, 3.8) is 0 Å². The fourth-order valence-corrected chi connectivity index (χ4v) is 2.66. The largest absolute Gasteiger partial charge is 0.491 e. The number of hydrogen-bond acceptors (Lipinski definition) is 4. The molecule has 2 rings (SSSR count). The molecule has 1 aromatic carbocycles. The number of benzene rings is 1. The van der Waals surface area contributed by atoms with E-state index in [4.69, 9.17) is 15.2 Å². The first-order valence-electron chi connectivity index (χ1n) is 7.92. The van der Waals surface area contributed by atoms with Crippen LogP contribution in [0.4, 0.5) is 0 Å². The van der Waals surface area contributed by atoms with Gasteiger partial charge in [-0.2, -0.15) is 0 Å². The molecular formula is C17H24N2O4. The number of hydrogen-bond donors (Lipinski definition) is 1. The second-order valence-corrected chi connectivity index (χ2v) is 5.79. The highest BCUT2D eigenvalue weighted by atomic mass is 16.5. The van der Waals surface area contributed by atoms with Gasteiger partial charge in [0.1, 0.15) is 19.0 Å². The highest BCUT2D eigenvalue weighted by Gasteiger charge is 2.31. The molecule has 0 aliphatic carbocycles. The number of carbonyl (C=O) groups excluding carboxylic acids is 2. The Labute approximate surface area is 136 Å². The minimum absolute atomic E-state index is 0.00598. The van der Waals surface area contributed by atoms with Crippen molar-refractivity contribution in [3.8, 4) is 5.75 Å². The van der Waals surface area contributed by atoms with E-state index >= 15 is 0 Å². The van der Waals surface area contributed by atoms with Crippen molar-refractivity contribution >= 4 is 11.8 Å². The Hall–Kier alpha value is -2.08. The van der Waals surface area contributed by atoms with Crippen LogP contribution in [0.25, 0.3) is 0 Å². The molecule has 1 aliphatic rings. The third kappa shape index (κ3) is 5.25. The molecule has 0 saturated carbocycles. The van der Waals surface area contributed by atoms with Gasteiger partial charge in [0.25, 0.3) is 0 Å². The zero-order valence-electron chi connectivity index (χ0n) is 13.4. The Morgan fingerprint density at radius 1 is 1.22 bits per heavy atom. The summed E-state index contributed by atoms with van der Waals surface area (Å²) in [5, 5.41) is 0. The van der Waals surface area contributed by atoms with E-state index < -0.39 is 0 Å². The van der Waals surface area contributed by atoms with E-state index in [1.165, 1.54) is 0 Å². The molecule has 126 valence electrons. The average molecular weight is 320 g/mol. The molecule has 0 bridgehead atoms. The van der Waals surface area contributed by atoms with E-state index in [2.05, 4.69) is 0 Å². The van der Waals surface area contributed by atoms with Crippen LogP contribution in [0.15, 0.2) is 30.3 Å². The van der Waals surface area contributed by atoms with Crippen molar-refractivity contribution in [1.29, 1.82) is 0 Å². The van der Waals surface area contributed by atoms with E-state index in [0.29, 0.717) is 19.8 Å². The Morgan fingerprint density at radius 2 is 1.96 bits per heavy atom. The fraction of sp³-hybridized carbons (Fsp3) is 0.529. The number of nitrogens with zero attached hydrogens (tertiary/aromatic N) is 1. The van der Waals surface area contributed by atoms with Gasteiger partial charge in [-0.25, -0.2) is 0 Å². The summed E-state index contributed by atoms with van der Waals surface area (Å²) in [5.41, 5.74) is 5.35. The van der Waals surface area contributed by atoms with Crippen LogP contribution in [0, 0.1) is 5.92 Å². The summed E-state index contributed by atoms with van der Waals surface area (Å²) < 4.78 is 10.9. The average Bonchev–Trinajstić information content (AvgIpc) is 2.55. The molecule has 23 heavy (non-hydrogen) atoms. The molecule has 1 saturated heterocycles. The van der Waals surface area contributed by atoms with Crippen LogP contribution in [-0.2, 0) is 14.3 Å². The summed E-state index contributed by atoms with van der Waals surface area (Å²) >= 11 is 0. The van der Waals surface area contributed by atoms with Crippen LogP contribution < -0.4 is 10.5 Å². The van der Waals surface area contributed by atoms with E-state index in [-0.39, 0.29) is 30.4 Å². The molecule has 2 amide bonds. The molecule has 1 aromatic rings. The predicted octanol–water partition coefficient (Wildman–Crippen LogP) is 1.19. The molecule has 0 unspecified atom stereocenters. The van der Waals surface area contributed by atoms with E-state index in [1.807, 2.05) is 37.3 Å². The predicted molar refractivity (Wildman–Crippen MR) is 85.8 cm³/mol. The number of piperidine rings is 1. The van der Waals surface area contributed by atoms with Gasteiger partial charge in [0.15, 0.2) is 0 Å². The smallest absolute Gasteiger partial charge is 0.248 e. The van der Waals surface area contributed by atoms with Crippen molar-refractivity contribution < 1.29 is 19.1 Å². The molecule has 6 heteroatoms. The lowest BCUT2D eigenvalue weighted by Crippen LogP contribution is -2.49. The van der Waals surface area contributed by atoms with Crippen molar-refractivity contribution in [1.82, 2.24) is 4.90 Å². The zero-order valence-corrected chi connectivity index (χ0v) is 13.4. The third-order valence-electron chi connectivity index (χ3n) is 4.07. The molecule has 6 nitrogen and oxygen atoms in total. The molecule has 1 aliphatic heterocycles. The second-order valence-electron chi connectivity index (χ2n) is 5.79. The Morgan fingerprint density at radius 3 is 2.65 bits per heavy atom. The first-order chi connectivity index (χ1) is 11.1. The van der Waals surface area contributed by atoms with Gasteiger partial charge >= 0.3 is 0 Å². The van der Waals surface area contributed by atoms with Gasteiger partial charge in [0.05, 0.1) is 12.5 Å². The lowest BCUT2D eigenvalue weighted by atomic mass is 9.93. The molecule has 0 spiro atoms. The molecular weight excluding hydrogens is 296 g/mol. The lowest BCUT2D eigenvalue weighted by molar-refractivity contribution is -0.142. The van der Waals surface area contributed by atoms with Gasteiger partial charge in [-0.15, -0.1) is 0 Å². The third-order valence-corrected chi connectivity index (χ3v) is 4.07. The molecule has 0 radical (unpaired) electrons. The number of ether oxygens (including phenoxy) is 2. The van der Waals surface area contributed by atoms with Gasteiger partial charge in [0, 0.05) is 12.6 Å². The number of likely N-dealkylation sites (tertiary alicyclic amines) is 1. The van der Waals surface area contributed by atoms with Crippen molar-refractivity contribution in [2.24, 2.45) is 11.7 Å². The lowest BCUT2D eigenvalue weighted by Gasteiger charge is -2.36. The van der Waals surface area contributed by atoms with Gasteiger partial charge in [-0.1, -0.05) is 18.2 Å². The summed E-state index contributed by atoms with van der Waals surface area (Å²) in [7, 11) is 0. The Kier molecular flexibility index (Phi) is 6.40. The van der Waals surface area contributed by atoms with E-state index in [0.717, 1.165) is 18.6 Å². The van der Waals surface area contributed by atoms with Gasteiger partial charge in [-0.3, -0.25) is 9.59 Å². The maximum Gasteiger partial charge on any atom is 0.248 e. The summed E-state index contributed by atoms with van der Waals surface area (Å²) in [6.45, 7) is 3.08. The van der Waals surface area contributed by atoms with Gasteiger partial charge < -0.3 is 20.1 Å². The van der Waals surface area contributed by atoms with E-state index in [1.54, 1.807) is 4.90 Å². The SMILES string of the molecule is C[C@H]1CC[C@@H](C(N)=O)CN1C(=O)COCCOc1ccccc1. The van der Waals surface area contributed by atoms with Gasteiger partial charge in [-0.05, 0) is 31.9 Å². The number of para-hydroxylation sites is 1. The van der Waals surface area contributed by atoms with Crippen LogP contribution in [0.1, 0.15) is 19.8 Å². The number of amides is 2.